The number of phosphoric ester groups is 1. The van der Waals surface area contributed by atoms with E-state index in [1.54, 1.807) is 0 Å². The van der Waals surface area contributed by atoms with Crippen LogP contribution in [-0.4, -0.2) is 40.8 Å². The van der Waals surface area contributed by atoms with Crippen molar-refractivity contribution in [3.8, 4) is 5.88 Å². The second-order valence-corrected chi connectivity index (χ2v) is 9.50. The van der Waals surface area contributed by atoms with Crippen molar-refractivity contribution in [2.24, 2.45) is 5.90 Å². The van der Waals surface area contributed by atoms with Crippen LogP contribution in [0.25, 0.3) is 0 Å². The lowest BCUT2D eigenvalue weighted by Gasteiger charge is -2.17. The van der Waals surface area contributed by atoms with E-state index >= 15 is 0 Å². The number of nitrogens with zero attached hydrogens (tertiary/aromatic N) is 2. The first-order chi connectivity index (χ1) is 13.2. The number of phosphoric acid groups is 3. The Morgan fingerprint density at radius 2 is 1.86 bits per heavy atom. The maximum Gasteiger partial charge on any atom is 0.490 e. The van der Waals surface area contributed by atoms with E-state index in [0.29, 0.717) is 0 Å². The summed E-state index contributed by atoms with van der Waals surface area (Å²) in [5.41, 5.74) is -0.861. The van der Waals surface area contributed by atoms with Crippen LogP contribution in [0.3, 0.4) is 0 Å². The Morgan fingerprint density at radius 1 is 1.21 bits per heavy atom. The molecule has 0 saturated carbocycles. The number of hydrogen-bond donors (Lipinski definition) is 6. The second kappa shape index (κ2) is 8.63. The Kier molecular flexibility index (Phi) is 7.05. The fourth-order valence-corrected chi connectivity index (χ4v) is 4.93. The third-order valence-electron chi connectivity index (χ3n) is 2.98. The summed E-state index contributed by atoms with van der Waals surface area (Å²) in [5.74, 6) is 3.74. The van der Waals surface area contributed by atoms with E-state index in [0.717, 1.165) is 4.57 Å². The number of nitrogens with two attached hydrogens (primary N) is 1. The number of aromatic nitrogens is 2. The summed E-state index contributed by atoms with van der Waals surface area (Å²) < 4.78 is 50.9. The zero-order valence-electron chi connectivity index (χ0n) is 13.9. The lowest BCUT2D eigenvalue weighted by molar-refractivity contribution is 0.0568. The van der Waals surface area contributed by atoms with Crippen LogP contribution < -0.4 is 16.4 Å². The first-order valence-corrected chi connectivity index (χ1v) is 11.6. The monoisotopic (exact) mass is 481 g/mol. The van der Waals surface area contributed by atoms with Crippen molar-refractivity contribution in [3.05, 3.63) is 34.3 Å². The van der Waals surface area contributed by atoms with Gasteiger partial charge in [-0.15, -0.1) is 0 Å². The van der Waals surface area contributed by atoms with Gasteiger partial charge in [-0.2, -0.15) is 19.5 Å². The molecule has 1 aromatic heterocycles. The number of aliphatic hydroxyl groups is 1. The SMILES string of the molecule is NOc1ccn([C@H]2CC(O)=C(COP(=O)(O)OP(=O)(O)OP(=O)(O)O)O2)c(=O)n1. The van der Waals surface area contributed by atoms with Gasteiger partial charge in [0, 0.05) is 12.3 Å². The predicted molar refractivity (Wildman–Crippen MR) is 87.5 cm³/mol. The van der Waals surface area contributed by atoms with Gasteiger partial charge in [0.25, 0.3) is 0 Å². The molecule has 0 aliphatic carbocycles. The van der Waals surface area contributed by atoms with Gasteiger partial charge in [0.05, 0.1) is 6.42 Å². The summed E-state index contributed by atoms with van der Waals surface area (Å²) in [5, 5.41) is 9.84. The minimum absolute atomic E-state index is 0.186. The van der Waals surface area contributed by atoms with Gasteiger partial charge >= 0.3 is 29.2 Å². The van der Waals surface area contributed by atoms with Gasteiger partial charge in [0.2, 0.25) is 5.88 Å². The fraction of sp³-hybridized carbons (Fsp3) is 0.333. The summed E-state index contributed by atoms with van der Waals surface area (Å²) in [4.78, 5) is 54.9. The minimum atomic E-state index is -5.68. The summed E-state index contributed by atoms with van der Waals surface area (Å²) in [6.45, 7) is -0.988. The standard InChI is InChI=1S/C9H14N3O14P3/c10-24-7-1-2-12(9(14)11-7)8-3-5(13)6(23-8)4-22-28(18,19)26-29(20,21)25-27(15,16)17/h1-2,8,13H,3-4,10H2,(H,18,19)(H,20,21)(H2,15,16,17)/t8-/m1/s1. The summed E-state index contributed by atoms with van der Waals surface area (Å²) >= 11 is 0. The van der Waals surface area contributed by atoms with E-state index < -0.39 is 53.5 Å². The van der Waals surface area contributed by atoms with E-state index in [4.69, 9.17) is 25.3 Å². The molecule has 7 N–H and O–H groups in total. The third kappa shape index (κ3) is 6.99. The van der Waals surface area contributed by atoms with Crippen LogP contribution in [0.4, 0.5) is 0 Å². The van der Waals surface area contributed by atoms with Crippen molar-refractivity contribution < 1.29 is 61.1 Å². The average Bonchev–Trinajstić information content (AvgIpc) is 2.90. The van der Waals surface area contributed by atoms with Crippen LogP contribution in [-0.2, 0) is 31.6 Å². The molecule has 0 saturated heterocycles. The van der Waals surface area contributed by atoms with Gasteiger partial charge in [-0.25, -0.2) is 18.5 Å². The molecule has 2 unspecified atom stereocenters. The number of rotatable bonds is 9. The van der Waals surface area contributed by atoms with Crippen molar-refractivity contribution >= 4 is 23.5 Å². The first-order valence-electron chi connectivity index (χ1n) is 7.03. The summed E-state index contributed by atoms with van der Waals surface area (Å²) in [6.07, 6.45) is -0.221. The van der Waals surface area contributed by atoms with Gasteiger partial charge in [-0.3, -0.25) is 9.09 Å². The smallest absolute Gasteiger partial charge is 0.490 e. The molecule has 0 amide bonds. The van der Waals surface area contributed by atoms with Gasteiger partial charge in [0.15, 0.2) is 12.0 Å². The van der Waals surface area contributed by atoms with Crippen molar-refractivity contribution in [1.82, 2.24) is 9.55 Å². The Morgan fingerprint density at radius 3 is 2.41 bits per heavy atom. The van der Waals surface area contributed by atoms with Crippen molar-refractivity contribution in [2.75, 3.05) is 6.61 Å². The van der Waals surface area contributed by atoms with Crippen LogP contribution in [0, 0.1) is 0 Å². The maximum absolute atomic E-state index is 11.9. The van der Waals surface area contributed by atoms with E-state index in [1.165, 1.54) is 12.3 Å². The Hall–Kier alpha value is -1.61. The minimum Gasteiger partial charge on any atom is -0.508 e. The van der Waals surface area contributed by atoms with Crippen LogP contribution >= 0.6 is 23.5 Å². The van der Waals surface area contributed by atoms with E-state index in [2.05, 4.69) is 23.0 Å². The van der Waals surface area contributed by atoms with E-state index in [1.807, 2.05) is 0 Å². The molecule has 1 aliphatic heterocycles. The quantitative estimate of drug-likeness (QED) is 0.192. The predicted octanol–water partition coefficient (Wildman–Crippen LogP) is -0.472. The molecule has 0 spiro atoms. The van der Waals surface area contributed by atoms with E-state index in [-0.39, 0.29) is 12.3 Å². The Balaban J connectivity index is 2.01. The molecule has 1 aromatic rings. The maximum atomic E-state index is 11.9. The molecular weight excluding hydrogens is 467 g/mol. The Labute approximate surface area is 160 Å². The molecule has 164 valence electrons. The molecule has 2 heterocycles. The largest absolute Gasteiger partial charge is 0.508 e. The highest BCUT2D eigenvalue weighted by Gasteiger charge is 2.41. The van der Waals surface area contributed by atoms with Gasteiger partial charge in [0.1, 0.15) is 12.4 Å². The van der Waals surface area contributed by atoms with Crippen molar-refractivity contribution in [2.45, 2.75) is 12.6 Å². The zero-order chi connectivity index (χ0) is 22.0. The third-order valence-corrected chi connectivity index (χ3v) is 6.76. The molecule has 0 radical (unpaired) electrons. The first kappa shape index (κ1) is 23.7. The van der Waals surface area contributed by atoms with Crippen LogP contribution in [0.15, 0.2) is 28.6 Å². The van der Waals surface area contributed by atoms with Gasteiger partial charge in [-0.05, 0) is 0 Å². The Bertz CT molecular complexity index is 1000. The summed E-state index contributed by atoms with van der Waals surface area (Å²) in [6, 6.07) is 1.21. The molecule has 0 aromatic carbocycles. The van der Waals surface area contributed by atoms with Crippen LogP contribution in [0.5, 0.6) is 5.88 Å². The molecule has 20 heteroatoms. The molecule has 17 nitrogen and oxygen atoms in total. The van der Waals surface area contributed by atoms with Crippen molar-refractivity contribution in [1.29, 1.82) is 0 Å². The number of aliphatic hydroxyl groups excluding tert-OH is 1. The van der Waals surface area contributed by atoms with Crippen molar-refractivity contribution in [3.63, 3.8) is 0 Å². The fourth-order valence-electron chi connectivity index (χ4n) is 1.95. The topological polar surface area (TPSA) is 259 Å². The highest BCUT2D eigenvalue weighted by Crippen LogP contribution is 2.66. The number of ether oxygens (including phenoxy) is 1. The van der Waals surface area contributed by atoms with E-state index in [9.17, 15) is 28.5 Å². The van der Waals surface area contributed by atoms with Crippen LogP contribution in [0.2, 0.25) is 0 Å². The molecule has 2 rings (SSSR count). The number of hydrogen-bond acceptors (Lipinski definition) is 12. The molecule has 0 fully saturated rings. The lowest BCUT2D eigenvalue weighted by Crippen LogP contribution is -2.27. The zero-order valence-corrected chi connectivity index (χ0v) is 16.6. The second-order valence-electron chi connectivity index (χ2n) is 5.08. The highest BCUT2D eigenvalue weighted by atomic mass is 31.3. The molecule has 29 heavy (non-hydrogen) atoms. The van der Waals surface area contributed by atoms with Gasteiger partial charge < -0.3 is 34.3 Å². The van der Waals surface area contributed by atoms with Gasteiger partial charge in [-0.1, -0.05) is 0 Å². The molecule has 0 bridgehead atoms. The molecular formula is C9H14N3O14P3. The average molecular weight is 481 g/mol. The molecule has 1 aliphatic rings. The van der Waals surface area contributed by atoms with Crippen LogP contribution in [0.1, 0.15) is 12.6 Å². The highest BCUT2D eigenvalue weighted by molar-refractivity contribution is 7.66. The molecule has 3 atom stereocenters. The summed E-state index contributed by atoms with van der Waals surface area (Å²) in [7, 11) is -16.6. The normalized spacial score (nSPS) is 21.3. The lowest BCUT2D eigenvalue weighted by atomic mass is 10.3.